The number of ketones is 1. The second kappa shape index (κ2) is 11.3. The van der Waals surface area contributed by atoms with E-state index in [0.29, 0.717) is 19.4 Å². The first-order valence-corrected chi connectivity index (χ1v) is 14.3. The summed E-state index contributed by atoms with van der Waals surface area (Å²) in [6.07, 6.45) is 7.24. The van der Waals surface area contributed by atoms with Gasteiger partial charge in [-0.2, -0.15) is 0 Å². The molecule has 0 atom stereocenters. The van der Waals surface area contributed by atoms with Gasteiger partial charge in [-0.05, 0) is 98.7 Å². The predicted molar refractivity (Wildman–Crippen MR) is 159 cm³/mol. The Labute approximate surface area is 232 Å². The number of pyridine rings is 1. The van der Waals surface area contributed by atoms with Gasteiger partial charge in [0, 0.05) is 49.0 Å². The second-order valence-electron chi connectivity index (χ2n) is 10.9. The number of nitrogens with zero attached hydrogens (tertiary/aromatic N) is 2. The summed E-state index contributed by atoms with van der Waals surface area (Å²) < 4.78 is 0. The molecule has 0 spiro atoms. The molecule has 39 heavy (non-hydrogen) atoms. The molecule has 0 saturated heterocycles. The molecule has 0 unspecified atom stereocenters. The van der Waals surface area contributed by atoms with Crippen molar-refractivity contribution in [1.82, 2.24) is 15.2 Å². The molecular weight excluding hydrogens is 484 g/mol. The first-order chi connectivity index (χ1) is 18.8. The molecule has 2 heterocycles. The van der Waals surface area contributed by atoms with Crippen LogP contribution >= 0.6 is 0 Å². The third-order valence-electron chi connectivity index (χ3n) is 8.56. The molecule has 6 heteroatoms. The van der Waals surface area contributed by atoms with Crippen molar-refractivity contribution in [2.24, 2.45) is 0 Å². The summed E-state index contributed by atoms with van der Waals surface area (Å²) in [7, 11) is 0. The number of fused-ring (bicyclic) bond motifs is 2. The van der Waals surface area contributed by atoms with E-state index in [1.807, 2.05) is 26.1 Å². The fraction of sp³-hybridized carbons (Fsp3) is 0.424. The van der Waals surface area contributed by atoms with Crippen LogP contribution in [-0.4, -0.2) is 54.3 Å². The van der Waals surface area contributed by atoms with Crippen LogP contribution in [0.4, 0.5) is 5.69 Å². The smallest absolute Gasteiger partial charge is 0.251 e. The first kappa shape index (κ1) is 27.1. The van der Waals surface area contributed by atoms with Crippen LogP contribution in [0, 0.1) is 6.92 Å². The summed E-state index contributed by atoms with van der Waals surface area (Å²) in [5, 5.41) is 6.63. The highest BCUT2D eigenvalue weighted by atomic mass is 16.1. The van der Waals surface area contributed by atoms with Crippen molar-refractivity contribution in [3.63, 3.8) is 0 Å². The zero-order valence-electron chi connectivity index (χ0n) is 24.0. The normalized spacial score (nSPS) is 17.7. The third-order valence-corrected chi connectivity index (χ3v) is 8.56. The summed E-state index contributed by atoms with van der Waals surface area (Å²) in [5.41, 5.74) is 12.3. The fourth-order valence-corrected chi connectivity index (χ4v) is 6.21. The number of hydrogen-bond donors (Lipinski definition) is 2. The van der Waals surface area contributed by atoms with E-state index in [4.69, 9.17) is 4.98 Å². The summed E-state index contributed by atoms with van der Waals surface area (Å²) in [6, 6.07) is 6.35. The van der Waals surface area contributed by atoms with Gasteiger partial charge in [0.05, 0.1) is 11.4 Å². The number of Topliss-reactive ketones (excluding diaryl/α,β-unsaturated/α-hetero) is 1. The molecule has 0 fully saturated rings. The number of benzene rings is 1. The van der Waals surface area contributed by atoms with E-state index in [9.17, 15) is 9.59 Å². The summed E-state index contributed by atoms with van der Waals surface area (Å²) in [5.74, 6) is 0.120. The van der Waals surface area contributed by atoms with Crippen molar-refractivity contribution in [2.45, 2.75) is 60.3 Å². The molecule has 0 bridgehead atoms. The fourth-order valence-electron chi connectivity index (χ4n) is 6.21. The van der Waals surface area contributed by atoms with Crippen molar-refractivity contribution >= 4 is 23.0 Å². The van der Waals surface area contributed by atoms with Crippen molar-refractivity contribution < 1.29 is 9.59 Å². The summed E-state index contributed by atoms with van der Waals surface area (Å²) in [4.78, 5) is 33.3. The highest BCUT2D eigenvalue weighted by Crippen LogP contribution is 2.40. The lowest BCUT2D eigenvalue weighted by Crippen LogP contribution is -2.35. The SMILES string of the molecule is CCN(CC)CCNC(=O)C1=C(C)CC(/C=C2\C(=O)Cc3ccc(-c4cnc5c(c4C)NCCC5)cc32)=C1C. The van der Waals surface area contributed by atoms with Gasteiger partial charge >= 0.3 is 0 Å². The van der Waals surface area contributed by atoms with Crippen LogP contribution in [0.15, 0.2) is 52.8 Å². The number of nitrogens with one attached hydrogen (secondary N) is 2. The molecule has 0 saturated carbocycles. The Kier molecular flexibility index (Phi) is 7.85. The standard InChI is InChI=1S/C33H40N4O2/c1-6-37(7-2)14-13-35-33(39)31-20(3)15-25(21(31)4)17-27-26-16-23(10-11-24(26)18-30(27)38)28-19-36-29-9-8-12-34-32(29)22(28)5/h10-11,16-17,19,34H,6-9,12-15,18H2,1-5H3,(H,35,39)/b27-17-. The number of aryl methyl sites for hydroxylation is 1. The van der Waals surface area contributed by atoms with Gasteiger partial charge in [0.15, 0.2) is 5.78 Å². The molecule has 2 aliphatic carbocycles. The molecule has 1 aliphatic heterocycles. The van der Waals surface area contributed by atoms with E-state index in [0.717, 1.165) is 101 Å². The minimum Gasteiger partial charge on any atom is -0.383 e. The van der Waals surface area contributed by atoms with E-state index >= 15 is 0 Å². The largest absolute Gasteiger partial charge is 0.383 e. The van der Waals surface area contributed by atoms with Crippen LogP contribution in [-0.2, 0) is 22.4 Å². The van der Waals surface area contributed by atoms with Gasteiger partial charge in [-0.3, -0.25) is 14.6 Å². The van der Waals surface area contributed by atoms with E-state index < -0.39 is 0 Å². The van der Waals surface area contributed by atoms with Gasteiger partial charge in [-0.25, -0.2) is 0 Å². The molecular formula is C33H40N4O2. The number of carbonyl (C=O) groups is 2. The number of allylic oxidation sites excluding steroid dienone is 4. The maximum Gasteiger partial charge on any atom is 0.251 e. The Morgan fingerprint density at radius 3 is 2.69 bits per heavy atom. The van der Waals surface area contributed by atoms with Gasteiger partial charge in [0.25, 0.3) is 5.91 Å². The first-order valence-electron chi connectivity index (χ1n) is 14.3. The number of amides is 1. The van der Waals surface area contributed by atoms with Crippen molar-refractivity contribution in [1.29, 1.82) is 0 Å². The average molecular weight is 525 g/mol. The van der Waals surface area contributed by atoms with E-state index in [1.165, 1.54) is 5.56 Å². The number of aromatic nitrogens is 1. The molecule has 6 nitrogen and oxygen atoms in total. The van der Waals surface area contributed by atoms with Crippen LogP contribution in [0.5, 0.6) is 0 Å². The Balaban J connectivity index is 1.41. The van der Waals surface area contributed by atoms with Gasteiger partial charge in [-0.1, -0.05) is 31.6 Å². The summed E-state index contributed by atoms with van der Waals surface area (Å²) >= 11 is 0. The van der Waals surface area contributed by atoms with Crippen molar-refractivity contribution in [3.05, 3.63) is 75.1 Å². The molecule has 2 aromatic rings. The van der Waals surface area contributed by atoms with Crippen LogP contribution in [0.25, 0.3) is 16.7 Å². The Bertz CT molecular complexity index is 1430. The molecule has 0 radical (unpaired) electrons. The predicted octanol–water partition coefficient (Wildman–Crippen LogP) is 5.42. The van der Waals surface area contributed by atoms with Crippen LogP contribution in [0.3, 0.4) is 0 Å². The highest BCUT2D eigenvalue weighted by Gasteiger charge is 2.29. The minimum atomic E-state index is -0.0185. The van der Waals surface area contributed by atoms with E-state index in [2.05, 4.69) is 54.5 Å². The second-order valence-corrected chi connectivity index (χ2v) is 10.9. The van der Waals surface area contributed by atoms with Gasteiger partial charge in [0.1, 0.15) is 0 Å². The van der Waals surface area contributed by atoms with Crippen LogP contribution in [0.2, 0.25) is 0 Å². The number of rotatable bonds is 8. The van der Waals surface area contributed by atoms with E-state index in [-0.39, 0.29) is 11.7 Å². The highest BCUT2D eigenvalue weighted by molar-refractivity contribution is 6.26. The van der Waals surface area contributed by atoms with Crippen molar-refractivity contribution in [2.75, 3.05) is 38.0 Å². The Morgan fingerprint density at radius 2 is 1.92 bits per heavy atom. The van der Waals surface area contributed by atoms with Crippen molar-refractivity contribution in [3.8, 4) is 11.1 Å². The van der Waals surface area contributed by atoms with Gasteiger partial charge < -0.3 is 15.5 Å². The lowest BCUT2D eigenvalue weighted by Gasteiger charge is -2.21. The number of anilines is 1. The molecule has 1 amide bonds. The maximum atomic E-state index is 13.2. The lowest BCUT2D eigenvalue weighted by atomic mass is 9.94. The molecule has 1 aromatic carbocycles. The zero-order valence-corrected chi connectivity index (χ0v) is 24.0. The quantitative estimate of drug-likeness (QED) is 0.451. The number of carbonyl (C=O) groups excluding carboxylic acids is 2. The van der Waals surface area contributed by atoms with Crippen LogP contribution in [0.1, 0.15) is 62.9 Å². The molecule has 1 aromatic heterocycles. The van der Waals surface area contributed by atoms with E-state index in [1.54, 1.807) is 0 Å². The molecule has 2 N–H and O–H groups in total. The Hall–Kier alpha value is -3.51. The molecule has 5 rings (SSSR count). The topological polar surface area (TPSA) is 74.3 Å². The monoisotopic (exact) mass is 524 g/mol. The molecule has 204 valence electrons. The number of hydrogen-bond acceptors (Lipinski definition) is 5. The molecule has 3 aliphatic rings. The van der Waals surface area contributed by atoms with Gasteiger partial charge in [0.2, 0.25) is 0 Å². The van der Waals surface area contributed by atoms with Crippen LogP contribution < -0.4 is 10.6 Å². The maximum absolute atomic E-state index is 13.2. The number of likely N-dealkylation sites (N-methyl/N-ethyl adjacent to an activating group) is 1. The minimum absolute atomic E-state index is 0.0185. The zero-order chi connectivity index (χ0) is 27.7. The Morgan fingerprint density at radius 1 is 1.13 bits per heavy atom. The lowest BCUT2D eigenvalue weighted by molar-refractivity contribution is -0.117. The van der Waals surface area contributed by atoms with Gasteiger partial charge in [-0.15, -0.1) is 0 Å². The third kappa shape index (κ3) is 5.22. The summed E-state index contributed by atoms with van der Waals surface area (Å²) in [6.45, 7) is 14.8. The average Bonchev–Trinajstić information content (AvgIpc) is 3.40.